The van der Waals surface area contributed by atoms with Crippen molar-refractivity contribution in [3.05, 3.63) is 25.0 Å². The van der Waals surface area contributed by atoms with Gasteiger partial charge >= 0.3 is 0 Å². The monoisotopic (exact) mass is 454 g/mol. The fraction of sp³-hybridized carbons (Fsp3) is 0.538. The third kappa shape index (κ3) is 3.35. The molecule has 0 spiro atoms. The highest BCUT2D eigenvalue weighted by molar-refractivity contribution is 9.11. The molecule has 0 saturated carbocycles. The Kier molecular flexibility index (Phi) is 5.72. The first-order chi connectivity index (χ1) is 9.06. The van der Waals surface area contributed by atoms with Crippen LogP contribution in [0.3, 0.4) is 0 Å². The summed E-state index contributed by atoms with van der Waals surface area (Å²) >= 11 is 10.5. The van der Waals surface area contributed by atoms with E-state index in [1.165, 1.54) is 0 Å². The van der Waals surface area contributed by atoms with Crippen molar-refractivity contribution in [2.45, 2.75) is 19.4 Å². The molecule has 1 saturated heterocycles. The van der Waals surface area contributed by atoms with Crippen LogP contribution < -0.4 is 5.32 Å². The van der Waals surface area contributed by atoms with Crippen molar-refractivity contribution in [3.8, 4) is 5.75 Å². The van der Waals surface area contributed by atoms with E-state index in [9.17, 15) is 5.11 Å². The number of rotatable bonds is 3. The van der Waals surface area contributed by atoms with Crippen LogP contribution in [0.4, 0.5) is 0 Å². The van der Waals surface area contributed by atoms with Crippen molar-refractivity contribution in [1.29, 1.82) is 0 Å². The van der Waals surface area contributed by atoms with E-state index in [2.05, 4.69) is 64.9 Å². The SMILES string of the molecule is CC[C@H](c1c(Br)cc(Br)c(O)c1Br)N1CCNCC1. The Hall–Kier alpha value is 0.380. The van der Waals surface area contributed by atoms with Crippen LogP contribution in [-0.4, -0.2) is 36.2 Å². The summed E-state index contributed by atoms with van der Waals surface area (Å²) in [5, 5.41) is 13.5. The summed E-state index contributed by atoms with van der Waals surface area (Å²) in [4.78, 5) is 2.47. The predicted molar refractivity (Wildman–Crippen MR) is 88.7 cm³/mol. The average molecular weight is 457 g/mol. The van der Waals surface area contributed by atoms with E-state index in [1.54, 1.807) is 0 Å². The van der Waals surface area contributed by atoms with Gasteiger partial charge in [0, 0.05) is 42.3 Å². The van der Waals surface area contributed by atoms with Crippen LogP contribution in [0.15, 0.2) is 19.5 Å². The van der Waals surface area contributed by atoms with Crippen molar-refractivity contribution in [2.75, 3.05) is 26.2 Å². The molecule has 2 N–H and O–H groups in total. The normalized spacial score (nSPS) is 18.5. The smallest absolute Gasteiger partial charge is 0.144 e. The molecule has 2 rings (SSSR count). The van der Waals surface area contributed by atoms with Gasteiger partial charge in [0.15, 0.2) is 0 Å². The van der Waals surface area contributed by atoms with Gasteiger partial charge in [0.05, 0.1) is 8.95 Å². The summed E-state index contributed by atoms with van der Waals surface area (Å²) in [5.41, 5.74) is 1.13. The summed E-state index contributed by atoms with van der Waals surface area (Å²) in [6.07, 6.45) is 1.01. The Morgan fingerprint density at radius 1 is 1.26 bits per heavy atom. The van der Waals surface area contributed by atoms with Crippen molar-refractivity contribution in [2.24, 2.45) is 0 Å². The molecule has 0 aromatic heterocycles. The lowest BCUT2D eigenvalue weighted by atomic mass is 10.0. The molecule has 1 atom stereocenters. The van der Waals surface area contributed by atoms with E-state index in [4.69, 9.17) is 0 Å². The molecule has 0 radical (unpaired) electrons. The number of aromatic hydroxyl groups is 1. The van der Waals surface area contributed by atoms with Gasteiger partial charge in [0.1, 0.15) is 5.75 Å². The molecular weight excluding hydrogens is 440 g/mol. The van der Waals surface area contributed by atoms with Gasteiger partial charge in [-0.05, 0) is 44.3 Å². The van der Waals surface area contributed by atoms with Crippen molar-refractivity contribution < 1.29 is 5.11 Å². The van der Waals surface area contributed by atoms with Gasteiger partial charge in [-0.3, -0.25) is 4.90 Å². The summed E-state index contributed by atoms with van der Waals surface area (Å²) in [6, 6.07) is 2.23. The summed E-state index contributed by atoms with van der Waals surface area (Å²) < 4.78 is 2.50. The third-order valence-corrected chi connectivity index (χ3v) is 5.56. The Morgan fingerprint density at radius 3 is 2.47 bits per heavy atom. The first-order valence-electron chi connectivity index (χ1n) is 6.37. The van der Waals surface area contributed by atoms with E-state index in [1.807, 2.05) is 6.07 Å². The van der Waals surface area contributed by atoms with E-state index >= 15 is 0 Å². The van der Waals surface area contributed by atoms with Gasteiger partial charge in [-0.25, -0.2) is 0 Å². The Labute approximate surface area is 139 Å². The van der Waals surface area contributed by atoms with Crippen molar-refractivity contribution in [1.82, 2.24) is 10.2 Å². The molecular formula is C13H17Br3N2O. The zero-order valence-corrected chi connectivity index (χ0v) is 15.5. The molecule has 106 valence electrons. The maximum atomic E-state index is 10.1. The molecule has 3 nitrogen and oxygen atoms in total. The molecule has 1 aromatic rings. The summed E-state index contributed by atoms with van der Waals surface area (Å²) in [6.45, 7) is 6.30. The van der Waals surface area contributed by atoms with Gasteiger partial charge in [0.25, 0.3) is 0 Å². The number of phenols is 1. The molecule has 0 unspecified atom stereocenters. The van der Waals surface area contributed by atoms with Crippen LogP contribution in [0.1, 0.15) is 24.9 Å². The lowest BCUT2D eigenvalue weighted by molar-refractivity contribution is 0.168. The number of hydrogen-bond donors (Lipinski definition) is 2. The van der Waals surface area contributed by atoms with Gasteiger partial charge in [-0.2, -0.15) is 0 Å². The second-order valence-corrected chi connectivity index (χ2v) is 7.13. The lowest BCUT2D eigenvalue weighted by Gasteiger charge is -2.35. The fourth-order valence-corrected chi connectivity index (χ4v) is 5.19. The minimum atomic E-state index is 0.270. The summed E-state index contributed by atoms with van der Waals surface area (Å²) in [7, 11) is 0. The number of nitrogens with one attached hydrogen (secondary N) is 1. The standard InChI is InChI=1S/C13H17Br3N2O/c1-2-10(18-5-3-17-4-6-18)11-8(14)7-9(15)13(19)12(11)16/h7,10,17,19H,2-6H2,1H3/t10-/m1/s1. The zero-order valence-electron chi connectivity index (χ0n) is 10.7. The molecule has 0 aliphatic carbocycles. The average Bonchev–Trinajstić information content (AvgIpc) is 2.42. The molecule has 1 heterocycles. The molecule has 19 heavy (non-hydrogen) atoms. The van der Waals surface area contributed by atoms with E-state index in [0.717, 1.165) is 47.1 Å². The second-order valence-electron chi connectivity index (χ2n) is 4.63. The lowest BCUT2D eigenvalue weighted by Crippen LogP contribution is -2.45. The molecule has 1 fully saturated rings. The highest BCUT2D eigenvalue weighted by atomic mass is 79.9. The number of hydrogen-bond acceptors (Lipinski definition) is 3. The highest BCUT2D eigenvalue weighted by Gasteiger charge is 2.26. The number of halogens is 3. The van der Waals surface area contributed by atoms with Crippen LogP contribution in [-0.2, 0) is 0 Å². The van der Waals surface area contributed by atoms with Crippen molar-refractivity contribution >= 4 is 47.8 Å². The largest absolute Gasteiger partial charge is 0.506 e. The van der Waals surface area contributed by atoms with Crippen LogP contribution in [0.2, 0.25) is 0 Å². The molecule has 1 aliphatic rings. The fourth-order valence-electron chi connectivity index (χ4n) is 2.54. The second kappa shape index (κ2) is 6.89. The molecule has 1 aromatic carbocycles. The van der Waals surface area contributed by atoms with Gasteiger partial charge in [-0.15, -0.1) is 0 Å². The third-order valence-electron chi connectivity index (χ3n) is 3.49. The van der Waals surface area contributed by atoms with Crippen molar-refractivity contribution in [3.63, 3.8) is 0 Å². The van der Waals surface area contributed by atoms with Gasteiger partial charge in [0.2, 0.25) is 0 Å². The number of phenolic OH excluding ortho intramolecular Hbond substituents is 1. The Balaban J connectivity index is 2.40. The van der Waals surface area contributed by atoms with Crippen LogP contribution in [0, 0.1) is 0 Å². The Morgan fingerprint density at radius 2 is 1.89 bits per heavy atom. The van der Waals surface area contributed by atoms with Crippen LogP contribution in [0.5, 0.6) is 5.75 Å². The highest BCUT2D eigenvalue weighted by Crippen LogP contribution is 2.44. The van der Waals surface area contributed by atoms with Gasteiger partial charge in [-0.1, -0.05) is 22.9 Å². The van der Waals surface area contributed by atoms with E-state index < -0.39 is 0 Å². The quantitative estimate of drug-likeness (QED) is 0.720. The maximum Gasteiger partial charge on any atom is 0.144 e. The predicted octanol–water partition coefficient (Wildman–Crippen LogP) is 4.04. The molecule has 6 heteroatoms. The maximum absolute atomic E-state index is 10.1. The number of nitrogens with zero attached hydrogens (tertiary/aromatic N) is 1. The molecule has 0 amide bonds. The topological polar surface area (TPSA) is 35.5 Å². The van der Waals surface area contributed by atoms with E-state index in [0.29, 0.717) is 10.5 Å². The first-order valence-corrected chi connectivity index (χ1v) is 8.75. The van der Waals surface area contributed by atoms with Crippen LogP contribution in [0.25, 0.3) is 0 Å². The van der Waals surface area contributed by atoms with E-state index in [-0.39, 0.29) is 5.75 Å². The first kappa shape index (κ1) is 15.8. The number of piperazine rings is 1. The minimum absolute atomic E-state index is 0.270. The molecule has 1 aliphatic heterocycles. The molecule has 0 bridgehead atoms. The zero-order chi connectivity index (χ0) is 14.0. The summed E-state index contributed by atoms with van der Waals surface area (Å²) in [5.74, 6) is 0.270. The van der Waals surface area contributed by atoms with Gasteiger partial charge < -0.3 is 10.4 Å². The minimum Gasteiger partial charge on any atom is -0.506 e. The van der Waals surface area contributed by atoms with Crippen LogP contribution >= 0.6 is 47.8 Å². The number of benzene rings is 1. The Bertz CT molecular complexity index is 462.